The minimum atomic E-state index is 0.586. The number of hydrazone groups is 1. The van der Waals surface area contributed by atoms with Crippen molar-refractivity contribution in [2.45, 2.75) is 0 Å². The predicted octanol–water partition coefficient (Wildman–Crippen LogP) is 4.83. The SMILES string of the molecule is COc1cc(OC)c(OC)cc1/C=N\Nc1ncnc2scc(-c3ccccc3)c12. The van der Waals surface area contributed by atoms with Crippen LogP contribution in [-0.2, 0) is 0 Å². The summed E-state index contributed by atoms with van der Waals surface area (Å²) in [5.74, 6) is 2.43. The fourth-order valence-electron chi connectivity index (χ4n) is 3.11. The molecule has 4 aromatic rings. The average molecular weight is 420 g/mol. The highest BCUT2D eigenvalue weighted by molar-refractivity contribution is 7.17. The van der Waals surface area contributed by atoms with Gasteiger partial charge in [0.1, 0.15) is 16.9 Å². The Bertz CT molecular complexity index is 1190. The Hall–Kier alpha value is -3.65. The lowest BCUT2D eigenvalue weighted by Crippen LogP contribution is -1.99. The Labute approximate surface area is 178 Å². The summed E-state index contributed by atoms with van der Waals surface area (Å²) in [5.41, 5.74) is 5.96. The van der Waals surface area contributed by atoms with Gasteiger partial charge in [0.15, 0.2) is 17.3 Å². The topological polar surface area (TPSA) is 77.9 Å². The monoisotopic (exact) mass is 420 g/mol. The lowest BCUT2D eigenvalue weighted by molar-refractivity contribution is 0.349. The number of hydrogen-bond acceptors (Lipinski definition) is 8. The highest BCUT2D eigenvalue weighted by Gasteiger charge is 2.13. The summed E-state index contributed by atoms with van der Waals surface area (Å²) in [6, 6.07) is 13.7. The van der Waals surface area contributed by atoms with Crippen LogP contribution in [0.15, 0.2) is 59.3 Å². The highest BCUT2D eigenvalue weighted by atomic mass is 32.1. The van der Waals surface area contributed by atoms with Crippen LogP contribution in [0.1, 0.15) is 5.56 Å². The third kappa shape index (κ3) is 3.77. The molecule has 0 radical (unpaired) electrons. The number of benzene rings is 2. The molecule has 0 spiro atoms. The Kier molecular flexibility index (Phi) is 5.76. The van der Waals surface area contributed by atoms with Gasteiger partial charge in [-0.25, -0.2) is 9.97 Å². The summed E-state index contributed by atoms with van der Waals surface area (Å²) >= 11 is 1.57. The van der Waals surface area contributed by atoms with E-state index < -0.39 is 0 Å². The fourth-order valence-corrected chi connectivity index (χ4v) is 4.02. The zero-order chi connectivity index (χ0) is 20.9. The number of hydrogen-bond donors (Lipinski definition) is 1. The van der Waals surface area contributed by atoms with Gasteiger partial charge < -0.3 is 14.2 Å². The van der Waals surface area contributed by atoms with Crippen molar-refractivity contribution < 1.29 is 14.2 Å². The first kappa shape index (κ1) is 19.7. The van der Waals surface area contributed by atoms with Gasteiger partial charge in [-0.2, -0.15) is 5.10 Å². The van der Waals surface area contributed by atoms with Crippen LogP contribution in [-0.4, -0.2) is 37.5 Å². The molecule has 152 valence electrons. The Morgan fingerprint density at radius 1 is 0.933 bits per heavy atom. The zero-order valence-corrected chi connectivity index (χ0v) is 17.6. The van der Waals surface area contributed by atoms with Crippen molar-refractivity contribution in [2.75, 3.05) is 26.8 Å². The minimum Gasteiger partial charge on any atom is -0.496 e. The lowest BCUT2D eigenvalue weighted by Gasteiger charge is -2.11. The highest BCUT2D eigenvalue weighted by Crippen LogP contribution is 2.36. The van der Waals surface area contributed by atoms with Crippen molar-refractivity contribution in [3.05, 3.63) is 59.7 Å². The van der Waals surface area contributed by atoms with Crippen LogP contribution in [0.2, 0.25) is 0 Å². The van der Waals surface area contributed by atoms with Crippen molar-refractivity contribution in [2.24, 2.45) is 5.10 Å². The Balaban J connectivity index is 1.68. The molecule has 0 saturated carbocycles. The molecule has 0 fully saturated rings. The van der Waals surface area contributed by atoms with E-state index in [0.717, 1.165) is 26.9 Å². The largest absolute Gasteiger partial charge is 0.496 e. The average Bonchev–Trinajstić information content (AvgIpc) is 3.24. The third-order valence-electron chi connectivity index (χ3n) is 4.57. The predicted molar refractivity (Wildman–Crippen MR) is 120 cm³/mol. The number of ether oxygens (including phenoxy) is 3. The Morgan fingerprint density at radius 2 is 1.67 bits per heavy atom. The summed E-state index contributed by atoms with van der Waals surface area (Å²) in [5, 5.41) is 7.40. The number of methoxy groups -OCH3 is 3. The van der Waals surface area contributed by atoms with Gasteiger partial charge in [0, 0.05) is 22.6 Å². The van der Waals surface area contributed by atoms with Crippen molar-refractivity contribution in [1.29, 1.82) is 0 Å². The molecule has 8 heteroatoms. The molecule has 0 aliphatic heterocycles. The molecule has 1 N–H and O–H groups in total. The van der Waals surface area contributed by atoms with Crippen LogP contribution in [0, 0.1) is 0 Å². The van der Waals surface area contributed by atoms with E-state index in [4.69, 9.17) is 14.2 Å². The molecule has 0 aliphatic carbocycles. The quantitative estimate of drug-likeness (QED) is 0.341. The van der Waals surface area contributed by atoms with Gasteiger partial charge in [-0.3, -0.25) is 5.43 Å². The standard InChI is InChI=1S/C22H20N4O3S/c1-27-17-10-19(29-3)18(28-2)9-15(17)11-25-26-21-20-16(14-7-5-4-6-8-14)12-30-22(20)24-13-23-21/h4-13H,1-3H3,(H,23,24,26)/b25-11-. The van der Waals surface area contributed by atoms with Gasteiger partial charge >= 0.3 is 0 Å². The van der Waals surface area contributed by atoms with E-state index in [9.17, 15) is 0 Å². The van der Waals surface area contributed by atoms with Gasteiger partial charge in [0.2, 0.25) is 0 Å². The van der Waals surface area contributed by atoms with Crippen LogP contribution < -0.4 is 19.6 Å². The number of rotatable bonds is 7. The van der Waals surface area contributed by atoms with E-state index in [0.29, 0.717) is 23.1 Å². The molecule has 0 unspecified atom stereocenters. The van der Waals surface area contributed by atoms with Crippen LogP contribution >= 0.6 is 11.3 Å². The van der Waals surface area contributed by atoms with Gasteiger partial charge in [0.25, 0.3) is 0 Å². The summed E-state index contributed by atoms with van der Waals surface area (Å²) in [7, 11) is 4.76. The zero-order valence-electron chi connectivity index (χ0n) is 16.7. The van der Waals surface area contributed by atoms with E-state index in [-0.39, 0.29) is 0 Å². The summed E-state index contributed by atoms with van der Waals surface area (Å²) in [6.45, 7) is 0. The molecular formula is C22H20N4O3S. The first-order chi connectivity index (χ1) is 14.7. The van der Waals surface area contributed by atoms with Crippen LogP contribution in [0.4, 0.5) is 5.82 Å². The van der Waals surface area contributed by atoms with Crippen LogP contribution in [0.5, 0.6) is 17.2 Å². The molecule has 0 amide bonds. The molecule has 2 aromatic heterocycles. The summed E-state index contributed by atoms with van der Waals surface area (Å²) < 4.78 is 16.1. The molecule has 0 aliphatic rings. The number of anilines is 1. The second kappa shape index (κ2) is 8.79. The summed E-state index contributed by atoms with van der Waals surface area (Å²) in [4.78, 5) is 9.68. The van der Waals surface area contributed by atoms with Crippen molar-refractivity contribution >= 4 is 33.6 Å². The van der Waals surface area contributed by atoms with Crippen LogP contribution in [0.3, 0.4) is 0 Å². The summed E-state index contributed by atoms with van der Waals surface area (Å²) in [6.07, 6.45) is 3.19. The van der Waals surface area contributed by atoms with E-state index in [1.54, 1.807) is 51.0 Å². The lowest BCUT2D eigenvalue weighted by atomic mass is 10.1. The molecule has 0 atom stereocenters. The second-order valence-electron chi connectivity index (χ2n) is 6.24. The molecule has 2 heterocycles. The first-order valence-corrected chi connectivity index (χ1v) is 9.99. The van der Waals surface area contributed by atoms with E-state index in [1.807, 2.05) is 18.2 Å². The molecule has 7 nitrogen and oxygen atoms in total. The smallest absolute Gasteiger partial charge is 0.164 e. The van der Waals surface area contributed by atoms with Crippen molar-refractivity contribution in [3.8, 4) is 28.4 Å². The van der Waals surface area contributed by atoms with Gasteiger partial charge in [-0.1, -0.05) is 30.3 Å². The fraction of sp³-hybridized carbons (Fsp3) is 0.136. The van der Waals surface area contributed by atoms with Crippen molar-refractivity contribution in [1.82, 2.24) is 9.97 Å². The second-order valence-corrected chi connectivity index (χ2v) is 7.10. The van der Waals surface area contributed by atoms with Gasteiger partial charge in [-0.05, 0) is 11.6 Å². The third-order valence-corrected chi connectivity index (χ3v) is 5.45. The van der Waals surface area contributed by atoms with E-state index in [1.165, 1.54) is 6.33 Å². The van der Waals surface area contributed by atoms with Gasteiger partial charge in [0.05, 0.1) is 32.9 Å². The molecule has 2 aromatic carbocycles. The number of aromatic nitrogens is 2. The van der Waals surface area contributed by atoms with Crippen LogP contribution in [0.25, 0.3) is 21.3 Å². The molecular weight excluding hydrogens is 400 g/mol. The van der Waals surface area contributed by atoms with Gasteiger partial charge in [-0.15, -0.1) is 11.3 Å². The van der Waals surface area contributed by atoms with E-state index >= 15 is 0 Å². The number of nitrogens with zero attached hydrogens (tertiary/aromatic N) is 3. The van der Waals surface area contributed by atoms with E-state index in [2.05, 4.69) is 38.0 Å². The molecule has 30 heavy (non-hydrogen) atoms. The number of nitrogens with one attached hydrogen (secondary N) is 1. The number of thiophene rings is 1. The molecule has 0 saturated heterocycles. The molecule has 4 rings (SSSR count). The molecule has 0 bridgehead atoms. The Morgan fingerprint density at radius 3 is 2.40 bits per heavy atom. The normalized spacial score (nSPS) is 11.0. The first-order valence-electron chi connectivity index (χ1n) is 9.12. The minimum absolute atomic E-state index is 0.586. The number of fused-ring (bicyclic) bond motifs is 1. The maximum absolute atomic E-state index is 5.45. The maximum atomic E-state index is 5.45. The van der Waals surface area contributed by atoms with Crippen molar-refractivity contribution in [3.63, 3.8) is 0 Å². The maximum Gasteiger partial charge on any atom is 0.164 e.